The molecule has 7 N–H and O–H groups in total. The molecule has 1 heterocycles. The number of sulfonamides is 1. The molecule has 1 aromatic carbocycles. The quantitative estimate of drug-likeness (QED) is 0.207. The number of amides is 1. The van der Waals surface area contributed by atoms with Crippen LogP contribution in [0, 0.1) is 5.41 Å². The zero-order valence-corrected chi connectivity index (χ0v) is 20.2. The first-order valence-electron chi connectivity index (χ1n) is 9.40. The Balaban J connectivity index is 0.00000256. The van der Waals surface area contributed by atoms with Crippen molar-refractivity contribution < 1.29 is 13.2 Å². The number of hydrogen-bond acceptors (Lipinski definition) is 6. The summed E-state index contributed by atoms with van der Waals surface area (Å²) in [5, 5.41) is 11.2. The molecule has 0 aliphatic heterocycles. The molecule has 1 fully saturated rings. The number of carbonyl (C=O) groups is 1. The normalized spacial score (nSPS) is 14.8. The Kier molecular flexibility index (Phi) is 9.94. The molecule has 3 rings (SSSR count). The van der Waals surface area contributed by atoms with Gasteiger partial charge in [0, 0.05) is 41.8 Å². The number of anilines is 1. The lowest BCUT2D eigenvalue weighted by molar-refractivity contribution is -0.126. The van der Waals surface area contributed by atoms with Gasteiger partial charge in [0.2, 0.25) is 21.9 Å². The number of pyridine rings is 1. The number of aromatic nitrogens is 1. The van der Waals surface area contributed by atoms with E-state index in [1.165, 1.54) is 24.5 Å². The molecular weight excluding hydrogens is 501 g/mol. The highest BCUT2D eigenvalue weighted by molar-refractivity contribution is 7.89. The van der Waals surface area contributed by atoms with Crippen molar-refractivity contribution in [1.82, 2.24) is 15.0 Å². The van der Waals surface area contributed by atoms with Crippen molar-refractivity contribution in [1.29, 1.82) is 5.41 Å². The summed E-state index contributed by atoms with van der Waals surface area (Å²) in [6.45, 7) is 0.546. The van der Waals surface area contributed by atoms with Crippen molar-refractivity contribution in [2.24, 2.45) is 11.5 Å². The molecule has 0 bridgehead atoms. The number of nitrogens with one attached hydrogen (secondary N) is 3. The maximum absolute atomic E-state index is 13.1. The lowest BCUT2D eigenvalue weighted by Crippen LogP contribution is -2.57. The van der Waals surface area contributed by atoms with E-state index < -0.39 is 21.5 Å². The lowest BCUT2D eigenvalue weighted by atomic mass is 9.98. The number of fused-ring (bicyclic) bond motifs is 1. The Morgan fingerprint density at radius 3 is 2.50 bits per heavy atom. The van der Waals surface area contributed by atoms with Crippen molar-refractivity contribution in [3.63, 3.8) is 0 Å². The summed E-state index contributed by atoms with van der Waals surface area (Å²) in [7, 11) is -4.00. The third kappa shape index (κ3) is 5.72. The molecule has 1 amide bonds. The van der Waals surface area contributed by atoms with E-state index in [2.05, 4.69) is 15.0 Å². The Morgan fingerprint density at radius 2 is 1.91 bits per heavy atom. The predicted molar refractivity (Wildman–Crippen MR) is 130 cm³/mol. The van der Waals surface area contributed by atoms with Crippen LogP contribution in [-0.2, 0) is 14.8 Å². The van der Waals surface area contributed by atoms with Crippen LogP contribution in [-0.4, -0.2) is 43.9 Å². The van der Waals surface area contributed by atoms with E-state index in [-0.39, 0.29) is 48.7 Å². The average molecular weight is 527 g/mol. The zero-order valence-electron chi connectivity index (χ0n) is 17.0. The summed E-state index contributed by atoms with van der Waals surface area (Å²) in [5.74, 6) is -0.756. The fourth-order valence-electron chi connectivity index (χ4n) is 3.62. The van der Waals surface area contributed by atoms with Gasteiger partial charge in [0.05, 0.1) is 16.8 Å². The van der Waals surface area contributed by atoms with Gasteiger partial charge in [-0.15, -0.1) is 24.8 Å². The molecular formula is C18H26Cl3N7O3S. The Hall–Kier alpha value is -1.89. The Morgan fingerprint density at radius 1 is 1.25 bits per heavy atom. The molecule has 1 aliphatic carbocycles. The Labute approximate surface area is 203 Å². The van der Waals surface area contributed by atoms with E-state index in [0.29, 0.717) is 29.3 Å². The largest absolute Gasteiger partial charge is 0.369 e. The van der Waals surface area contributed by atoms with Crippen LogP contribution in [0.15, 0.2) is 35.5 Å². The average Bonchev–Trinajstić information content (AvgIpc) is 3.19. The first-order valence-corrected chi connectivity index (χ1v) is 11.2. The summed E-state index contributed by atoms with van der Waals surface area (Å²) in [5.41, 5.74) is 10.0. The lowest BCUT2D eigenvalue weighted by Gasteiger charge is -2.28. The molecule has 178 valence electrons. The molecule has 1 aromatic heterocycles. The van der Waals surface area contributed by atoms with Gasteiger partial charge < -0.3 is 16.8 Å². The minimum absolute atomic E-state index is 0. The summed E-state index contributed by atoms with van der Waals surface area (Å²) >= 11 is 6.02. The molecule has 1 saturated carbocycles. The van der Waals surface area contributed by atoms with Gasteiger partial charge >= 0.3 is 0 Å². The number of nitrogens with two attached hydrogens (primary N) is 2. The van der Waals surface area contributed by atoms with Crippen LogP contribution in [0.25, 0.3) is 10.8 Å². The molecule has 1 aliphatic rings. The first kappa shape index (κ1) is 28.1. The van der Waals surface area contributed by atoms with Crippen molar-refractivity contribution in [3.05, 3.63) is 30.6 Å². The fourth-order valence-corrected chi connectivity index (χ4v) is 5.21. The molecule has 14 heteroatoms. The SMILES string of the molecule is Cl.Cl.N=C(N)N(Cl)c1cncc2cc(S(=O)(=O)NC3(C(=O)NCCN)CCCC3)ccc12. The van der Waals surface area contributed by atoms with Crippen LogP contribution in [0.3, 0.4) is 0 Å². The van der Waals surface area contributed by atoms with E-state index in [9.17, 15) is 13.2 Å². The van der Waals surface area contributed by atoms with Gasteiger partial charge in [0.15, 0.2) is 0 Å². The van der Waals surface area contributed by atoms with Crippen LogP contribution in [0.4, 0.5) is 5.69 Å². The van der Waals surface area contributed by atoms with Gasteiger partial charge in [-0.2, -0.15) is 4.72 Å². The number of guanidine groups is 1. The number of hydrogen-bond donors (Lipinski definition) is 5. The second kappa shape index (κ2) is 11.3. The monoisotopic (exact) mass is 525 g/mol. The summed E-state index contributed by atoms with van der Waals surface area (Å²) in [6, 6.07) is 4.42. The molecule has 0 saturated heterocycles. The molecule has 0 atom stereocenters. The van der Waals surface area contributed by atoms with E-state index >= 15 is 0 Å². The third-order valence-corrected chi connectivity index (χ3v) is 6.99. The molecule has 2 aromatic rings. The highest BCUT2D eigenvalue weighted by Gasteiger charge is 2.44. The van der Waals surface area contributed by atoms with Gasteiger partial charge in [0.25, 0.3) is 0 Å². The summed E-state index contributed by atoms with van der Waals surface area (Å²) in [4.78, 5) is 16.7. The zero-order chi connectivity index (χ0) is 21.9. The van der Waals surface area contributed by atoms with Crippen LogP contribution in [0.1, 0.15) is 25.7 Å². The fraction of sp³-hybridized carbons (Fsp3) is 0.389. The highest BCUT2D eigenvalue weighted by Crippen LogP contribution is 2.33. The van der Waals surface area contributed by atoms with Gasteiger partial charge in [-0.25, -0.2) is 12.8 Å². The van der Waals surface area contributed by atoms with Gasteiger partial charge in [-0.05, 0) is 25.0 Å². The molecule has 0 radical (unpaired) electrons. The van der Waals surface area contributed by atoms with Crippen LogP contribution in [0.2, 0.25) is 0 Å². The second-order valence-corrected chi connectivity index (χ2v) is 9.17. The Bertz CT molecular complexity index is 1080. The van der Waals surface area contributed by atoms with Gasteiger partial charge in [-0.1, -0.05) is 18.9 Å². The number of halogens is 3. The van der Waals surface area contributed by atoms with Gasteiger partial charge in [-0.3, -0.25) is 15.2 Å². The van der Waals surface area contributed by atoms with Crippen LogP contribution in [0.5, 0.6) is 0 Å². The number of benzene rings is 1. The summed E-state index contributed by atoms with van der Waals surface area (Å²) < 4.78 is 29.8. The topological polar surface area (TPSA) is 167 Å². The van der Waals surface area contributed by atoms with Crippen LogP contribution >= 0.6 is 36.6 Å². The van der Waals surface area contributed by atoms with E-state index in [1.54, 1.807) is 6.07 Å². The minimum Gasteiger partial charge on any atom is -0.369 e. The second-order valence-electron chi connectivity index (χ2n) is 7.15. The van der Waals surface area contributed by atoms with E-state index in [0.717, 1.165) is 17.3 Å². The maximum atomic E-state index is 13.1. The van der Waals surface area contributed by atoms with E-state index in [4.69, 9.17) is 28.7 Å². The molecule has 0 spiro atoms. The smallest absolute Gasteiger partial charge is 0.241 e. The third-order valence-electron chi connectivity index (χ3n) is 5.09. The van der Waals surface area contributed by atoms with E-state index in [1.807, 2.05) is 0 Å². The standard InChI is InChI=1S/C18H24ClN7O3S.2ClH/c19-26(17(21)22)15-11-23-10-12-9-13(3-4-14(12)15)30(28,29)25-18(5-1-2-6-18)16(27)24-8-7-20;;/h3-4,9-11,25H,1-2,5-8,20H2,(H3,21,22)(H,24,27);2*1H. The first-order chi connectivity index (χ1) is 14.2. The van der Waals surface area contributed by atoms with Crippen LogP contribution < -0.4 is 25.9 Å². The highest BCUT2D eigenvalue weighted by atomic mass is 35.5. The maximum Gasteiger partial charge on any atom is 0.241 e. The molecule has 0 unspecified atom stereocenters. The predicted octanol–water partition coefficient (Wildman–Crippen LogP) is 1.60. The van der Waals surface area contributed by atoms with Crippen molar-refractivity contribution in [2.45, 2.75) is 36.1 Å². The molecule has 32 heavy (non-hydrogen) atoms. The summed E-state index contributed by atoms with van der Waals surface area (Å²) in [6.07, 6.45) is 5.25. The van der Waals surface area contributed by atoms with Gasteiger partial charge in [0.1, 0.15) is 5.54 Å². The van der Waals surface area contributed by atoms with Crippen molar-refractivity contribution in [3.8, 4) is 0 Å². The number of carbonyl (C=O) groups excluding carboxylic acids is 1. The number of nitrogens with zero attached hydrogens (tertiary/aromatic N) is 2. The number of rotatable bonds is 7. The van der Waals surface area contributed by atoms with Crippen molar-refractivity contribution >= 4 is 74.9 Å². The van der Waals surface area contributed by atoms with Crippen molar-refractivity contribution in [2.75, 3.05) is 17.5 Å². The molecule has 10 nitrogen and oxygen atoms in total. The minimum atomic E-state index is -4.00.